The van der Waals surface area contributed by atoms with Crippen LogP contribution in [0.4, 0.5) is 4.79 Å². The lowest BCUT2D eigenvalue weighted by Gasteiger charge is -2.26. The summed E-state index contributed by atoms with van der Waals surface area (Å²) in [5.41, 5.74) is 5.79. The van der Waals surface area contributed by atoms with Crippen molar-refractivity contribution in [2.24, 2.45) is 11.7 Å². The highest BCUT2D eigenvalue weighted by Gasteiger charge is 2.32. The molecule has 45 heavy (non-hydrogen) atoms. The standard InChI is InChI=1S/C30H43N7O8/c1-18(2)11-21(26(40)33-15-25(39)44-16-19-9-7-6-8-10-19)35-28(42)23(13-24(31)38)36-27(41)22(12-20-14-32-17-34-20)37-29(43)45-30(3,4)5/h6-10,14,17-18,21-23H,11-13,15-16H2,1-5H3,(H2,31,38)(H,32,34)(H,33,40)(H,35,42)(H,36,41)(H,37,43). The number of rotatable bonds is 16. The van der Waals surface area contributed by atoms with Gasteiger partial charge in [-0.1, -0.05) is 44.2 Å². The molecule has 0 saturated heterocycles. The molecular weight excluding hydrogens is 586 g/mol. The molecule has 0 aliphatic heterocycles. The molecule has 1 heterocycles. The van der Waals surface area contributed by atoms with Gasteiger partial charge in [-0.3, -0.25) is 24.0 Å². The van der Waals surface area contributed by atoms with Crippen molar-refractivity contribution in [3.8, 4) is 0 Å². The Kier molecular flexibility index (Phi) is 14.0. The van der Waals surface area contributed by atoms with E-state index < -0.39 is 72.4 Å². The number of aromatic amines is 1. The number of benzene rings is 1. The number of esters is 1. The fourth-order valence-corrected chi connectivity index (χ4v) is 4.00. The second kappa shape index (κ2) is 17.4. The van der Waals surface area contributed by atoms with Crippen LogP contribution in [-0.4, -0.2) is 75.9 Å². The number of hydrogen-bond acceptors (Lipinski definition) is 9. The monoisotopic (exact) mass is 629 g/mol. The molecule has 5 amide bonds. The van der Waals surface area contributed by atoms with Gasteiger partial charge in [-0.25, -0.2) is 9.78 Å². The highest BCUT2D eigenvalue weighted by molar-refractivity contribution is 5.96. The summed E-state index contributed by atoms with van der Waals surface area (Å²) in [6.45, 7) is 8.20. The first-order chi connectivity index (χ1) is 21.1. The minimum atomic E-state index is -1.49. The molecule has 15 heteroatoms. The first kappa shape index (κ1) is 36.2. The Balaban J connectivity index is 2.10. The second-order valence-electron chi connectivity index (χ2n) is 11.8. The van der Waals surface area contributed by atoms with E-state index in [1.807, 2.05) is 19.9 Å². The molecule has 0 radical (unpaired) electrons. The van der Waals surface area contributed by atoms with E-state index in [4.69, 9.17) is 15.2 Å². The number of alkyl carbamates (subject to hydrolysis) is 1. The Bertz CT molecular complexity index is 1290. The molecule has 7 N–H and O–H groups in total. The summed E-state index contributed by atoms with van der Waals surface area (Å²) in [6.07, 6.45) is 1.50. The van der Waals surface area contributed by atoms with Crippen LogP contribution in [-0.2, 0) is 46.5 Å². The van der Waals surface area contributed by atoms with Gasteiger partial charge in [-0.15, -0.1) is 0 Å². The van der Waals surface area contributed by atoms with E-state index in [0.29, 0.717) is 5.69 Å². The van der Waals surface area contributed by atoms with E-state index in [9.17, 15) is 28.8 Å². The van der Waals surface area contributed by atoms with Crippen LogP contribution in [0.1, 0.15) is 58.7 Å². The van der Waals surface area contributed by atoms with Crippen LogP contribution in [0.15, 0.2) is 42.9 Å². The predicted molar refractivity (Wildman–Crippen MR) is 162 cm³/mol. The van der Waals surface area contributed by atoms with Crippen LogP contribution < -0.4 is 27.0 Å². The molecule has 0 spiro atoms. The van der Waals surface area contributed by atoms with Crippen molar-refractivity contribution in [1.29, 1.82) is 0 Å². The van der Waals surface area contributed by atoms with Gasteiger partial charge in [0.15, 0.2) is 0 Å². The number of amides is 5. The highest BCUT2D eigenvalue weighted by Crippen LogP contribution is 2.10. The number of H-pyrrole nitrogens is 1. The molecule has 2 aromatic rings. The number of nitrogens with one attached hydrogen (secondary N) is 5. The van der Waals surface area contributed by atoms with Crippen LogP contribution in [0.5, 0.6) is 0 Å². The van der Waals surface area contributed by atoms with Gasteiger partial charge in [0.2, 0.25) is 23.6 Å². The number of carbonyl (C=O) groups is 6. The van der Waals surface area contributed by atoms with Gasteiger partial charge in [0.25, 0.3) is 0 Å². The highest BCUT2D eigenvalue weighted by atomic mass is 16.6. The number of nitrogens with two attached hydrogens (primary N) is 1. The summed E-state index contributed by atoms with van der Waals surface area (Å²) in [4.78, 5) is 82.9. The van der Waals surface area contributed by atoms with Crippen molar-refractivity contribution < 1.29 is 38.2 Å². The Hall–Kier alpha value is -4.95. The first-order valence-electron chi connectivity index (χ1n) is 14.5. The lowest BCUT2D eigenvalue weighted by molar-refractivity contribution is -0.145. The zero-order valence-electron chi connectivity index (χ0n) is 26.2. The van der Waals surface area contributed by atoms with Gasteiger partial charge < -0.3 is 41.5 Å². The molecular formula is C30H43N7O8. The van der Waals surface area contributed by atoms with Crippen molar-refractivity contribution >= 4 is 35.7 Å². The number of ether oxygens (including phenoxy) is 2. The van der Waals surface area contributed by atoms with Gasteiger partial charge in [-0.2, -0.15) is 0 Å². The molecule has 0 bridgehead atoms. The first-order valence-corrected chi connectivity index (χ1v) is 14.5. The molecule has 1 aromatic carbocycles. The SMILES string of the molecule is CC(C)CC(NC(=O)C(CC(N)=O)NC(=O)C(Cc1cnc[nH]1)NC(=O)OC(C)(C)C)C(=O)NCC(=O)OCc1ccccc1. The Labute approximate surface area is 261 Å². The molecule has 3 atom stereocenters. The van der Waals surface area contributed by atoms with E-state index in [-0.39, 0.29) is 25.4 Å². The normalized spacial score (nSPS) is 13.1. The lowest BCUT2D eigenvalue weighted by atomic mass is 10.0. The van der Waals surface area contributed by atoms with Crippen molar-refractivity contribution in [3.05, 3.63) is 54.1 Å². The van der Waals surface area contributed by atoms with Crippen LogP contribution in [0.2, 0.25) is 0 Å². The molecule has 1 aromatic heterocycles. The number of carbonyl (C=O) groups excluding carboxylic acids is 6. The quantitative estimate of drug-likeness (QED) is 0.143. The molecule has 0 aliphatic rings. The maximum absolute atomic E-state index is 13.3. The maximum atomic E-state index is 13.3. The van der Waals surface area contributed by atoms with Crippen molar-refractivity contribution in [2.45, 2.75) is 84.2 Å². The van der Waals surface area contributed by atoms with Gasteiger partial charge in [0.1, 0.15) is 36.9 Å². The number of primary amides is 1. The summed E-state index contributed by atoms with van der Waals surface area (Å²) in [5.74, 6) is -3.99. The third-order valence-electron chi connectivity index (χ3n) is 6.01. The fourth-order valence-electron chi connectivity index (χ4n) is 4.00. The number of nitrogens with zero attached hydrogens (tertiary/aromatic N) is 1. The maximum Gasteiger partial charge on any atom is 0.408 e. The van der Waals surface area contributed by atoms with E-state index in [0.717, 1.165) is 5.56 Å². The van der Waals surface area contributed by atoms with Crippen molar-refractivity contribution in [3.63, 3.8) is 0 Å². The molecule has 0 aliphatic carbocycles. The van der Waals surface area contributed by atoms with E-state index in [1.54, 1.807) is 45.0 Å². The Morgan fingerprint density at radius 2 is 1.56 bits per heavy atom. The number of hydrogen-bond donors (Lipinski definition) is 6. The van der Waals surface area contributed by atoms with E-state index in [1.165, 1.54) is 12.5 Å². The number of aromatic nitrogens is 2. The third kappa shape index (κ3) is 14.4. The van der Waals surface area contributed by atoms with E-state index in [2.05, 4.69) is 31.2 Å². The Morgan fingerprint density at radius 1 is 0.911 bits per heavy atom. The van der Waals surface area contributed by atoms with Crippen molar-refractivity contribution in [2.75, 3.05) is 6.54 Å². The zero-order valence-corrected chi connectivity index (χ0v) is 26.2. The smallest absolute Gasteiger partial charge is 0.408 e. The summed E-state index contributed by atoms with van der Waals surface area (Å²) >= 11 is 0. The molecule has 246 valence electrons. The number of imidazole rings is 1. The molecule has 0 fully saturated rings. The van der Waals surface area contributed by atoms with E-state index >= 15 is 0 Å². The molecule has 2 rings (SSSR count). The average molecular weight is 630 g/mol. The average Bonchev–Trinajstić information content (AvgIpc) is 3.46. The third-order valence-corrected chi connectivity index (χ3v) is 6.01. The largest absolute Gasteiger partial charge is 0.460 e. The predicted octanol–water partition coefficient (Wildman–Crippen LogP) is 0.596. The van der Waals surface area contributed by atoms with Crippen LogP contribution in [0.25, 0.3) is 0 Å². The van der Waals surface area contributed by atoms with Crippen molar-refractivity contribution in [1.82, 2.24) is 31.2 Å². The van der Waals surface area contributed by atoms with Crippen LogP contribution in [0, 0.1) is 5.92 Å². The summed E-state index contributed by atoms with van der Waals surface area (Å²) in [7, 11) is 0. The summed E-state index contributed by atoms with van der Waals surface area (Å²) in [6, 6.07) is 5.16. The van der Waals surface area contributed by atoms with Gasteiger partial charge in [0, 0.05) is 18.3 Å². The minimum absolute atomic E-state index is 0.0281. The molecule has 15 nitrogen and oxygen atoms in total. The van der Waals surface area contributed by atoms with Gasteiger partial charge >= 0.3 is 12.1 Å². The summed E-state index contributed by atoms with van der Waals surface area (Å²) in [5, 5.41) is 9.91. The molecule has 0 saturated carbocycles. The zero-order chi connectivity index (χ0) is 33.6. The van der Waals surface area contributed by atoms with Gasteiger partial charge in [0.05, 0.1) is 12.7 Å². The lowest BCUT2D eigenvalue weighted by Crippen LogP contribution is -2.58. The molecule has 3 unspecified atom stereocenters. The minimum Gasteiger partial charge on any atom is -0.460 e. The van der Waals surface area contributed by atoms with Crippen LogP contribution in [0.3, 0.4) is 0 Å². The topological polar surface area (TPSA) is 224 Å². The Morgan fingerprint density at radius 3 is 2.13 bits per heavy atom. The summed E-state index contributed by atoms with van der Waals surface area (Å²) < 4.78 is 10.4. The second-order valence-corrected chi connectivity index (χ2v) is 11.8. The fraction of sp³-hybridized carbons (Fsp3) is 0.500. The van der Waals surface area contributed by atoms with Gasteiger partial charge in [-0.05, 0) is 38.7 Å². The van der Waals surface area contributed by atoms with Crippen LogP contribution >= 0.6 is 0 Å².